The summed E-state index contributed by atoms with van der Waals surface area (Å²) in [4.78, 5) is -0.369. The maximum Gasteiger partial charge on any atom is 2.00 e. The predicted molar refractivity (Wildman–Crippen MR) is 199 cm³/mol. The molecule has 0 aliphatic rings. The van der Waals surface area contributed by atoms with Gasteiger partial charge in [-0.25, -0.2) is 16.8 Å². The average Bonchev–Trinajstić information content (AvgIpc) is 3.13. The van der Waals surface area contributed by atoms with Crippen molar-refractivity contribution in [2.75, 3.05) is 14.2 Å². The van der Waals surface area contributed by atoms with Crippen molar-refractivity contribution in [2.24, 2.45) is 0 Å². The van der Waals surface area contributed by atoms with Gasteiger partial charge in [0.25, 0.3) is 0 Å². The van der Waals surface area contributed by atoms with Crippen molar-refractivity contribution in [2.45, 2.75) is 9.79 Å². The second-order valence-corrected chi connectivity index (χ2v) is 17.5. The summed E-state index contributed by atoms with van der Waals surface area (Å²) in [6.45, 7) is 0. The van der Waals surface area contributed by atoms with E-state index in [0.29, 0.717) is 22.1 Å². The van der Waals surface area contributed by atoms with Gasteiger partial charge in [0.1, 0.15) is 31.7 Å². The van der Waals surface area contributed by atoms with Crippen LogP contribution in [0.25, 0.3) is 0 Å². The molecule has 0 saturated carbocycles. The molecule has 13 heteroatoms. The molecule has 2 atom stereocenters. The van der Waals surface area contributed by atoms with Crippen molar-refractivity contribution < 1.29 is 51.9 Å². The zero-order valence-corrected chi connectivity index (χ0v) is 31.7. The van der Waals surface area contributed by atoms with E-state index in [2.05, 4.69) is 0 Å². The largest absolute Gasteiger partial charge is 2.00 e. The first kappa shape index (κ1) is 39.9. The number of methoxy groups -OCH3 is 2. The average molecular weight is 801 g/mol. The van der Waals surface area contributed by atoms with Gasteiger partial charge in [0.05, 0.1) is 24.0 Å². The van der Waals surface area contributed by atoms with Crippen LogP contribution < -0.4 is 41.3 Å². The molecule has 2 unspecified atom stereocenters. The van der Waals surface area contributed by atoms with E-state index in [1.54, 1.807) is 50.6 Å². The van der Waals surface area contributed by atoms with Gasteiger partial charge in [0, 0.05) is 21.2 Å². The van der Waals surface area contributed by atoms with Gasteiger partial charge in [0.2, 0.25) is 0 Å². The molecule has 0 spiro atoms. The Bertz CT molecular complexity index is 2110. The van der Waals surface area contributed by atoms with Crippen molar-refractivity contribution in [1.82, 2.24) is 0 Å². The van der Waals surface area contributed by atoms with E-state index in [4.69, 9.17) is 9.47 Å². The zero-order chi connectivity index (χ0) is 35.7. The monoisotopic (exact) mass is 800 g/mol. The minimum Gasteiger partial charge on any atom is -0.744 e. The molecule has 0 heterocycles. The molecule has 0 saturated heterocycles. The number of ether oxygens (including phenoxy) is 2. The Morgan fingerprint density at radius 1 is 0.412 bits per heavy atom. The summed E-state index contributed by atoms with van der Waals surface area (Å²) in [5, 5.41) is 4.62. The van der Waals surface area contributed by atoms with Crippen molar-refractivity contribution in [3.8, 4) is 11.5 Å². The molecule has 0 aromatic heterocycles. The fourth-order valence-corrected chi connectivity index (χ4v) is 12.5. The molecule has 264 valence electrons. The summed E-state index contributed by atoms with van der Waals surface area (Å²) in [6, 6.07) is 46.9. The third-order valence-corrected chi connectivity index (χ3v) is 14.6. The van der Waals surface area contributed by atoms with Crippen LogP contribution >= 0.6 is 15.8 Å². The maximum absolute atomic E-state index is 11.8. The van der Waals surface area contributed by atoms with Crippen LogP contribution in [0.15, 0.2) is 168 Å². The molecule has 0 fully saturated rings. The van der Waals surface area contributed by atoms with Gasteiger partial charge in [-0.15, -0.1) is 0 Å². The number of benzene rings is 6. The topological polar surface area (TPSA) is 133 Å². The summed E-state index contributed by atoms with van der Waals surface area (Å²) in [6.07, 6.45) is 0. The Hall–Kier alpha value is -3.91. The molecule has 0 N–H and O–H groups in total. The van der Waals surface area contributed by atoms with Gasteiger partial charge in [-0.3, -0.25) is 0 Å². The summed E-state index contributed by atoms with van der Waals surface area (Å²) in [7, 11) is -8.55. The fraction of sp³-hybridized carbons (Fsp3) is 0.0526. The van der Waals surface area contributed by atoms with Crippen LogP contribution in [0.2, 0.25) is 0 Å². The van der Waals surface area contributed by atoms with E-state index in [1.165, 1.54) is 12.1 Å². The first-order chi connectivity index (χ1) is 24.0. The van der Waals surface area contributed by atoms with Crippen molar-refractivity contribution >= 4 is 67.9 Å². The van der Waals surface area contributed by atoms with Gasteiger partial charge >= 0.3 is 16.5 Å². The fourth-order valence-electron chi connectivity index (χ4n) is 5.31. The second kappa shape index (κ2) is 18.0. The number of hydrogen-bond acceptors (Lipinski definition) is 8. The van der Waals surface area contributed by atoms with Crippen molar-refractivity contribution in [3.63, 3.8) is 0 Å². The molecular weight excluding hydrogens is 769 g/mol. The molecule has 6 rings (SSSR count). The number of para-hydroxylation sites is 2. The first-order valence-corrected chi connectivity index (χ1v) is 20.6. The minimum atomic E-state index is -4.59. The molecule has 0 amide bonds. The zero-order valence-electron chi connectivity index (χ0n) is 27.3. The molecular formula is C38H32NiO8P2S2. The standard InChI is InChI=1S/2C19H17O4PS.Ni/c2*1-23-16-11-5-6-12-17(16)24(15-9-3-2-4-10-15)18-13-7-8-14-19(18)25(20,21)22;/h2*2-14H,1H3,(H,20,21,22);/q;;+2/p-2. The van der Waals surface area contributed by atoms with Gasteiger partial charge in [0.15, 0.2) is 0 Å². The number of rotatable bonds is 10. The quantitative estimate of drug-likeness (QED) is 0.111. The van der Waals surface area contributed by atoms with Gasteiger partial charge in [-0.05, 0) is 50.7 Å². The van der Waals surface area contributed by atoms with E-state index < -0.39 is 36.1 Å². The van der Waals surface area contributed by atoms with Crippen LogP contribution in [0.1, 0.15) is 0 Å². The molecule has 51 heavy (non-hydrogen) atoms. The van der Waals surface area contributed by atoms with Crippen LogP contribution in [-0.2, 0) is 36.7 Å². The Labute approximate surface area is 311 Å². The third-order valence-electron chi connectivity index (χ3n) is 7.43. The van der Waals surface area contributed by atoms with Gasteiger partial charge in [-0.2, -0.15) is 0 Å². The van der Waals surface area contributed by atoms with Crippen molar-refractivity contribution in [3.05, 3.63) is 158 Å². The molecule has 0 aliphatic carbocycles. The van der Waals surface area contributed by atoms with Gasteiger partial charge < -0.3 is 18.6 Å². The third kappa shape index (κ3) is 9.71. The Kier molecular flexibility index (Phi) is 14.1. The van der Waals surface area contributed by atoms with Crippen molar-refractivity contribution in [1.29, 1.82) is 0 Å². The Morgan fingerprint density at radius 2 is 0.686 bits per heavy atom. The van der Waals surface area contributed by atoms with Crippen LogP contribution in [-0.4, -0.2) is 40.2 Å². The Balaban J connectivity index is 0.000000224. The summed E-state index contributed by atoms with van der Waals surface area (Å²) in [5.74, 6) is 1.33. The van der Waals surface area contributed by atoms with Crippen LogP contribution in [0.5, 0.6) is 11.5 Å². The van der Waals surface area contributed by atoms with E-state index in [1.807, 2.05) is 109 Å². The molecule has 0 radical (unpaired) electrons. The normalized spacial score (nSPS) is 12.3. The maximum atomic E-state index is 11.8. The summed E-state index contributed by atoms with van der Waals surface area (Å²) in [5.41, 5.74) is 0. The minimum absolute atomic E-state index is 0. The van der Waals surface area contributed by atoms with Crippen LogP contribution in [0.3, 0.4) is 0 Å². The molecule has 8 nitrogen and oxygen atoms in total. The van der Waals surface area contributed by atoms with Crippen LogP contribution in [0.4, 0.5) is 0 Å². The predicted octanol–water partition coefficient (Wildman–Crippen LogP) is 4.71. The summed E-state index contributed by atoms with van der Waals surface area (Å²) >= 11 is 0. The molecule has 0 aliphatic heterocycles. The number of hydrogen-bond donors (Lipinski definition) is 0. The molecule has 6 aromatic carbocycles. The SMILES string of the molecule is COc1ccccc1P(c1ccccc1)c1ccccc1S(=O)(=O)[O-].COc1ccccc1P(c1ccccc1)c1ccccc1S(=O)(=O)[O-].[Ni+2]. The molecule has 6 aromatic rings. The summed E-state index contributed by atoms with van der Waals surface area (Å²) < 4.78 is 81.8. The van der Waals surface area contributed by atoms with E-state index in [-0.39, 0.29) is 26.3 Å². The van der Waals surface area contributed by atoms with Crippen LogP contribution in [0, 0.1) is 0 Å². The second-order valence-electron chi connectivity index (χ2n) is 10.5. The Morgan fingerprint density at radius 3 is 1.00 bits per heavy atom. The smallest absolute Gasteiger partial charge is 0.744 e. The van der Waals surface area contributed by atoms with Gasteiger partial charge in [-0.1, -0.05) is 133 Å². The first-order valence-electron chi connectivity index (χ1n) is 15.1. The molecule has 0 bridgehead atoms. The van der Waals surface area contributed by atoms with E-state index in [0.717, 1.165) is 21.2 Å². The van der Waals surface area contributed by atoms with E-state index >= 15 is 0 Å². The van der Waals surface area contributed by atoms with E-state index in [9.17, 15) is 25.9 Å².